The molecule has 3 heteroatoms. The van der Waals surface area contributed by atoms with Gasteiger partial charge in [-0.2, -0.15) is 0 Å². The predicted octanol–water partition coefficient (Wildman–Crippen LogP) is 16.2. The summed E-state index contributed by atoms with van der Waals surface area (Å²) in [6.45, 7) is 0. The second-order valence-corrected chi connectivity index (χ2v) is 16.4. The Hall–Kier alpha value is -8.53. The Bertz CT molecular complexity index is 3570. The van der Waals surface area contributed by atoms with Crippen LogP contribution in [0.3, 0.4) is 0 Å². The molecular weight excluding hydrogens is 775 g/mol. The molecule has 64 heavy (non-hydrogen) atoms. The zero-order valence-corrected chi connectivity index (χ0v) is 34.9. The molecule has 1 heterocycles. The fraction of sp³-hybridized carbons (Fsp3) is 0. The van der Waals surface area contributed by atoms with Gasteiger partial charge in [-0.25, -0.2) is 15.0 Å². The lowest BCUT2D eigenvalue weighted by Gasteiger charge is -2.15. The number of rotatable bonds is 7. The molecule has 0 fully saturated rings. The van der Waals surface area contributed by atoms with Gasteiger partial charge in [0.2, 0.25) is 0 Å². The Balaban J connectivity index is 1.12. The van der Waals surface area contributed by atoms with Crippen molar-refractivity contribution >= 4 is 43.1 Å². The number of hydrogen-bond acceptors (Lipinski definition) is 3. The van der Waals surface area contributed by atoms with E-state index in [0.29, 0.717) is 17.5 Å². The maximum absolute atomic E-state index is 5.47. The Labute approximate surface area is 371 Å². The van der Waals surface area contributed by atoms with Crippen LogP contribution in [0.4, 0.5) is 0 Å². The maximum Gasteiger partial charge on any atom is 0.164 e. The number of benzene rings is 11. The first-order valence-electron chi connectivity index (χ1n) is 21.8. The molecule has 298 valence electrons. The van der Waals surface area contributed by atoms with E-state index in [2.05, 4.69) is 237 Å². The van der Waals surface area contributed by atoms with Crippen LogP contribution >= 0.6 is 0 Å². The molecule has 0 unspecified atom stereocenters. The maximum atomic E-state index is 5.47. The van der Waals surface area contributed by atoms with Crippen LogP contribution in [0.25, 0.3) is 122 Å². The predicted molar refractivity (Wildman–Crippen MR) is 268 cm³/mol. The normalized spacial score (nSPS) is 11.4. The monoisotopic (exact) mass is 813 g/mol. The van der Waals surface area contributed by atoms with E-state index in [-0.39, 0.29) is 0 Å². The molecule has 1 aromatic heterocycles. The summed E-state index contributed by atoms with van der Waals surface area (Å²) in [6.07, 6.45) is 0. The third kappa shape index (κ3) is 6.77. The van der Waals surface area contributed by atoms with E-state index >= 15 is 0 Å². The van der Waals surface area contributed by atoms with E-state index < -0.39 is 0 Å². The summed E-state index contributed by atoms with van der Waals surface area (Å²) in [6, 6.07) is 84.3. The lowest BCUT2D eigenvalue weighted by atomic mass is 9.93. The molecule has 0 N–H and O–H groups in total. The summed E-state index contributed by atoms with van der Waals surface area (Å²) in [5.41, 5.74) is 11.9. The van der Waals surface area contributed by atoms with Crippen LogP contribution in [-0.4, -0.2) is 15.0 Å². The van der Waals surface area contributed by atoms with E-state index in [1.807, 2.05) is 0 Å². The van der Waals surface area contributed by atoms with Crippen LogP contribution < -0.4 is 0 Å². The third-order valence-electron chi connectivity index (χ3n) is 12.5. The average Bonchev–Trinajstić information content (AvgIpc) is 3.38. The summed E-state index contributed by atoms with van der Waals surface area (Å²) in [5.74, 6) is 1.87. The minimum Gasteiger partial charge on any atom is -0.208 e. The quantitative estimate of drug-likeness (QED) is 0.150. The van der Waals surface area contributed by atoms with E-state index in [9.17, 15) is 0 Å². The molecule has 0 saturated carbocycles. The van der Waals surface area contributed by atoms with Gasteiger partial charge < -0.3 is 0 Å². The van der Waals surface area contributed by atoms with Gasteiger partial charge in [0.25, 0.3) is 0 Å². The summed E-state index contributed by atoms with van der Waals surface area (Å²) in [5, 5.41) is 9.19. The lowest BCUT2D eigenvalue weighted by molar-refractivity contribution is 1.08. The van der Waals surface area contributed by atoms with Gasteiger partial charge in [0.1, 0.15) is 0 Å². The number of aromatic nitrogens is 3. The van der Waals surface area contributed by atoms with Gasteiger partial charge in [0.15, 0.2) is 17.5 Å². The lowest BCUT2D eigenvalue weighted by Crippen LogP contribution is -2.02. The summed E-state index contributed by atoms with van der Waals surface area (Å²) < 4.78 is 0. The van der Waals surface area contributed by atoms with Crippen LogP contribution in [0.1, 0.15) is 0 Å². The molecule has 0 saturated heterocycles. The first-order chi connectivity index (χ1) is 31.7. The minimum absolute atomic E-state index is 0.609. The first-order valence-corrected chi connectivity index (χ1v) is 21.8. The highest BCUT2D eigenvalue weighted by Crippen LogP contribution is 2.40. The number of hydrogen-bond donors (Lipinski definition) is 0. The molecule has 11 aromatic carbocycles. The fourth-order valence-corrected chi connectivity index (χ4v) is 9.31. The molecule has 12 aromatic rings. The van der Waals surface area contributed by atoms with Gasteiger partial charge in [-0.15, -0.1) is 0 Å². The van der Waals surface area contributed by atoms with E-state index in [0.717, 1.165) is 76.8 Å². The van der Waals surface area contributed by atoms with Crippen LogP contribution in [0, 0.1) is 0 Å². The van der Waals surface area contributed by atoms with Crippen LogP contribution in [-0.2, 0) is 0 Å². The molecule has 0 aliphatic heterocycles. The Kier molecular flexibility index (Phi) is 9.16. The molecule has 0 aliphatic carbocycles. The van der Waals surface area contributed by atoms with Crippen LogP contribution in [0.5, 0.6) is 0 Å². The Morgan fingerprint density at radius 2 is 0.516 bits per heavy atom. The second-order valence-electron chi connectivity index (χ2n) is 16.4. The van der Waals surface area contributed by atoms with Crippen molar-refractivity contribution in [3.05, 3.63) is 237 Å². The SMILES string of the molecule is c1ccc(-c2ccc(-c3cc(-c4cccc(-c5ccccc5)c4)cc(-c4nc(-c5cc6ccccc6c6ccccc56)nc(-c5cc6ccccc6c6ccccc56)n4)c3)cc2)cc1. The molecule has 3 nitrogen and oxygen atoms in total. The number of nitrogens with zero attached hydrogens (tertiary/aromatic N) is 3. The second kappa shape index (κ2) is 15.7. The zero-order valence-electron chi connectivity index (χ0n) is 34.9. The van der Waals surface area contributed by atoms with Gasteiger partial charge in [-0.1, -0.05) is 200 Å². The molecule has 0 radical (unpaired) electrons. The third-order valence-corrected chi connectivity index (χ3v) is 12.5. The summed E-state index contributed by atoms with van der Waals surface area (Å²) in [4.78, 5) is 16.4. The van der Waals surface area contributed by atoms with E-state index in [1.165, 1.54) is 27.5 Å². The van der Waals surface area contributed by atoms with Crippen molar-refractivity contribution in [2.75, 3.05) is 0 Å². The van der Waals surface area contributed by atoms with Crippen molar-refractivity contribution in [1.82, 2.24) is 15.0 Å². The molecule has 0 amide bonds. The Morgan fingerprint density at radius 1 is 0.188 bits per heavy atom. The molecule has 0 atom stereocenters. The van der Waals surface area contributed by atoms with E-state index in [1.54, 1.807) is 0 Å². The standard InChI is InChI=1S/C61H39N3/c1-3-16-40(17-4-1)42-30-32-43(33-31-42)48-35-49(45-23-15-22-44(34-45)41-18-5-2-6-19-41)37-50(36-48)59-62-60(57-38-46-20-7-9-24-51(46)53-26-11-13-28-55(53)57)64-61(63-59)58-39-47-21-8-10-25-52(47)54-27-12-14-29-56(54)58/h1-39H. The van der Waals surface area contributed by atoms with Crippen molar-refractivity contribution in [2.45, 2.75) is 0 Å². The average molecular weight is 814 g/mol. The molecule has 0 aliphatic rings. The fourth-order valence-electron chi connectivity index (χ4n) is 9.31. The van der Waals surface area contributed by atoms with Gasteiger partial charge in [0.05, 0.1) is 0 Å². The van der Waals surface area contributed by atoms with Gasteiger partial charge >= 0.3 is 0 Å². The smallest absolute Gasteiger partial charge is 0.164 e. The van der Waals surface area contributed by atoms with E-state index in [4.69, 9.17) is 15.0 Å². The van der Waals surface area contributed by atoms with Crippen LogP contribution in [0.15, 0.2) is 237 Å². The van der Waals surface area contributed by atoms with Crippen molar-refractivity contribution < 1.29 is 0 Å². The highest BCUT2D eigenvalue weighted by Gasteiger charge is 2.20. The largest absolute Gasteiger partial charge is 0.208 e. The Morgan fingerprint density at radius 3 is 1.05 bits per heavy atom. The number of fused-ring (bicyclic) bond motifs is 6. The topological polar surface area (TPSA) is 38.7 Å². The summed E-state index contributed by atoms with van der Waals surface area (Å²) >= 11 is 0. The van der Waals surface area contributed by atoms with Crippen molar-refractivity contribution in [1.29, 1.82) is 0 Å². The minimum atomic E-state index is 0.609. The van der Waals surface area contributed by atoms with Crippen LogP contribution in [0.2, 0.25) is 0 Å². The van der Waals surface area contributed by atoms with Gasteiger partial charge in [0, 0.05) is 16.7 Å². The molecule has 0 bridgehead atoms. The van der Waals surface area contributed by atoms with Crippen molar-refractivity contribution in [2.24, 2.45) is 0 Å². The molecular formula is C61H39N3. The zero-order chi connectivity index (χ0) is 42.4. The highest BCUT2D eigenvalue weighted by molar-refractivity contribution is 6.15. The van der Waals surface area contributed by atoms with Gasteiger partial charge in [-0.05, 0) is 124 Å². The van der Waals surface area contributed by atoms with Gasteiger partial charge in [-0.3, -0.25) is 0 Å². The highest BCUT2D eigenvalue weighted by atomic mass is 15.0. The summed E-state index contributed by atoms with van der Waals surface area (Å²) in [7, 11) is 0. The molecule has 12 rings (SSSR count). The van der Waals surface area contributed by atoms with Crippen molar-refractivity contribution in [3.63, 3.8) is 0 Å². The molecule has 0 spiro atoms. The van der Waals surface area contributed by atoms with Crippen molar-refractivity contribution in [3.8, 4) is 78.7 Å². The first kappa shape index (κ1) is 37.2.